The standard InChI is InChI=1S/C16H20N2O3/c1-16(12-17,18-4-6-19-7-5-18)11-13-2-3-14-15(10-13)21-9-8-20-14/h2-3,10H,4-9,11H2,1H3. The first-order valence-electron chi connectivity index (χ1n) is 7.34. The molecule has 2 aliphatic heterocycles. The molecule has 0 aliphatic carbocycles. The van der Waals surface area contributed by atoms with Gasteiger partial charge in [-0.3, -0.25) is 4.90 Å². The highest BCUT2D eigenvalue weighted by atomic mass is 16.6. The summed E-state index contributed by atoms with van der Waals surface area (Å²) in [6, 6.07) is 8.41. The first-order chi connectivity index (χ1) is 10.2. The second-order valence-electron chi connectivity index (χ2n) is 5.64. The van der Waals surface area contributed by atoms with E-state index in [1.165, 1.54) is 0 Å². The predicted octanol–water partition coefficient (Wildman–Crippen LogP) is 1.61. The number of fused-ring (bicyclic) bond motifs is 1. The van der Waals surface area contributed by atoms with Gasteiger partial charge in [0.05, 0.1) is 19.3 Å². The van der Waals surface area contributed by atoms with E-state index in [-0.39, 0.29) is 0 Å². The monoisotopic (exact) mass is 288 g/mol. The van der Waals surface area contributed by atoms with Crippen molar-refractivity contribution in [1.29, 1.82) is 5.26 Å². The van der Waals surface area contributed by atoms with Crippen LogP contribution >= 0.6 is 0 Å². The third kappa shape index (κ3) is 2.97. The number of rotatable bonds is 3. The zero-order chi connectivity index (χ0) is 14.7. The van der Waals surface area contributed by atoms with Gasteiger partial charge in [-0.2, -0.15) is 5.26 Å². The lowest BCUT2D eigenvalue weighted by molar-refractivity contribution is 0.00186. The smallest absolute Gasteiger partial charge is 0.161 e. The van der Waals surface area contributed by atoms with E-state index in [4.69, 9.17) is 14.2 Å². The first kappa shape index (κ1) is 14.2. The van der Waals surface area contributed by atoms with E-state index >= 15 is 0 Å². The number of ether oxygens (including phenoxy) is 3. The summed E-state index contributed by atoms with van der Waals surface area (Å²) in [5, 5.41) is 9.65. The van der Waals surface area contributed by atoms with Gasteiger partial charge in [-0.1, -0.05) is 6.07 Å². The summed E-state index contributed by atoms with van der Waals surface area (Å²) in [7, 11) is 0. The van der Waals surface area contributed by atoms with Crippen LogP contribution in [0.25, 0.3) is 0 Å². The molecule has 0 amide bonds. The summed E-state index contributed by atoms with van der Waals surface area (Å²) >= 11 is 0. The maximum absolute atomic E-state index is 9.65. The van der Waals surface area contributed by atoms with Gasteiger partial charge >= 0.3 is 0 Å². The van der Waals surface area contributed by atoms with Crippen molar-refractivity contribution < 1.29 is 14.2 Å². The van der Waals surface area contributed by atoms with Gasteiger partial charge < -0.3 is 14.2 Å². The fourth-order valence-electron chi connectivity index (χ4n) is 2.87. The maximum Gasteiger partial charge on any atom is 0.161 e. The molecule has 5 nitrogen and oxygen atoms in total. The summed E-state index contributed by atoms with van der Waals surface area (Å²) in [6.07, 6.45) is 0.667. The van der Waals surface area contributed by atoms with Crippen molar-refractivity contribution in [3.63, 3.8) is 0 Å². The molecule has 0 radical (unpaired) electrons. The minimum atomic E-state index is -0.520. The minimum Gasteiger partial charge on any atom is -0.486 e. The van der Waals surface area contributed by atoms with Gasteiger partial charge in [0.15, 0.2) is 11.5 Å². The summed E-state index contributed by atoms with van der Waals surface area (Å²) in [6.45, 7) is 6.15. The lowest BCUT2D eigenvalue weighted by Gasteiger charge is -2.38. The van der Waals surface area contributed by atoms with Gasteiger partial charge in [-0.25, -0.2) is 0 Å². The molecule has 1 aromatic rings. The predicted molar refractivity (Wildman–Crippen MR) is 77.5 cm³/mol. The molecule has 1 aromatic carbocycles. The van der Waals surface area contributed by atoms with Crippen LogP contribution in [0.3, 0.4) is 0 Å². The number of hydrogen-bond acceptors (Lipinski definition) is 5. The third-order valence-electron chi connectivity index (χ3n) is 4.10. The molecule has 0 saturated carbocycles. The zero-order valence-electron chi connectivity index (χ0n) is 12.3. The van der Waals surface area contributed by atoms with Gasteiger partial charge in [0.2, 0.25) is 0 Å². The Balaban J connectivity index is 1.78. The zero-order valence-corrected chi connectivity index (χ0v) is 12.3. The van der Waals surface area contributed by atoms with E-state index < -0.39 is 5.54 Å². The second-order valence-corrected chi connectivity index (χ2v) is 5.64. The fraction of sp³-hybridized carbons (Fsp3) is 0.562. The average molecular weight is 288 g/mol. The Hall–Kier alpha value is -1.77. The van der Waals surface area contributed by atoms with Gasteiger partial charge in [-0.05, 0) is 24.6 Å². The van der Waals surface area contributed by atoms with Gasteiger partial charge in [0.1, 0.15) is 18.8 Å². The molecule has 1 saturated heterocycles. The maximum atomic E-state index is 9.65. The van der Waals surface area contributed by atoms with Crippen LogP contribution in [0, 0.1) is 11.3 Å². The summed E-state index contributed by atoms with van der Waals surface area (Å²) in [5.74, 6) is 1.57. The van der Waals surface area contributed by atoms with Crippen LogP contribution < -0.4 is 9.47 Å². The van der Waals surface area contributed by atoms with Gasteiger partial charge in [-0.15, -0.1) is 0 Å². The van der Waals surface area contributed by atoms with E-state index in [0.29, 0.717) is 32.8 Å². The molecule has 1 fully saturated rings. The van der Waals surface area contributed by atoms with Crippen LogP contribution in [-0.2, 0) is 11.2 Å². The number of morpholine rings is 1. The molecule has 0 aromatic heterocycles. The van der Waals surface area contributed by atoms with E-state index in [0.717, 1.165) is 30.2 Å². The van der Waals surface area contributed by atoms with Crippen LogP contribution in [0.4, 0.5) is 0 Å². The number of nitriles is 1. The van der Waals surface area contributed by atoms with Crippen LogP contribution in [0.2, 0.25) is 0 Å². The molecule has 112 valence electrons. The highest BCUT2D eigenvalue weighted by Crippen LogP contribution is 2.32. The molecule has 1 unspecified atom stereocenters. The van der Waals surface area contributed by atoms with Crippen molar-refractivity contribution in [2.75, 3.05) is 39.5 Å². The van der Waals surface area contributed by atoms with Crippen molar-refractivity contribution in [2.45, 2.75) is 18.9 Å². The van der Waals surface area contributed by atoms with E-state index in [1.54, 1.807) is 0 Å². The van der Waals surface area contributed by atoms with Crippen molar-refractivity contribution in [3.05, 3.63) is 23.8 Å². The Labute approximate surface area is 125 Å². The van der Waals surface area contributed by atoms with E-state index in [2.05, 4.69) is 11.0 Å². The topological polar surface area (TPSA) is 54.7 Å². The van der Waals surface area contributed by atoms with Crippen molar-refractivity contribution in [1.82, 2.24) is 4.90 Å². The second kappa shape index (κ2) is 5.92. The number of hydrogen-bond donors (Lipinski definition) is 0. The Morgan fingerprint density at radius 3 is 2.57 bits per heavy atom. The lowest BCUT2D eigenvalue weighted by Crippen LogP contribution is -2.52. The summed E-state index contributed by atoms with van der Waals surface area (Å²) in [5.41, 5.74) is 0.572. The highest BCUT2D eigenvalue weighted by molar-refractivity contribution is 5.44. The Morgan fingerprint density at radius 2 is 1.86 bits per heavy atom. The third-order valence-corrected chi connectivity index (χ3v) is 4.10. The molecule has 2 heterocycles. The van der Waals surface area contributed by atoms with Crippen molar-refractivity contribution in [2.24, 2.45) is 0 Å². The van der Waals surface area contributed by atoms with Crippen LogP contribution in [0.5, 0.6) is 11.5 Å². The van der Waals surface area contributed by atoms with Gasteiger partial charge in [0, 0.05) is 19.5 Å². The van der Waals surface area contributed by atoms with Crippen LogP contribution in [0.15, 0.2) is 18.2 Å². The van der Waals surface area contributed by atoms with E-state index in [1.807, 2.05) is 25.1 Å². The SMILES string of the molecule is CC(C#N)(Cc1ccc2c(c1)OCCO2)N1CCOCC1. The normalized spacial score (nSPS) is 21.3. The number of benzene rings is 1. The molecule has 0 N–H and O–H groups in total. The molecule has 0 bridgehead atoms. The Bertz CT molecular complexity index is 549. The fourth-order valence-corrected chi connectivity index (χ4v) is 2.87. The van der Waals surface area contributed by atoms with Crippen molar-refractivity contribution >= 4 is 0 Å². The first-order valence-corrected chi connectivity index (χ1v) is 7.34. The highest BCUT2D eigenvalue weighted by Gasteiger charge is 2.33. The molecule has 1 atom stereocenters. The van der Waals surface area contributed by atoms with Crippen molar-refractivity contribution in [3.8, 4) is 17.6 Å². The molecule has 0 spiro atoms. The molecule has 2 aliphatic rings. The molecular formula is C16H20N2O3. The molecular weight excluding hydrogens is 268 g/mol. The molecule has 5 heteroatoms. The average Bonchev–Trinajstić information content (AvgIpc) is 2.55. The number of nitrogens with zero attached hydrogens (tertiary/aromatic N) is 2. The van der Waals surface area contributed by atoms with E-state index in [9.17, 15) is 5.26 Å². The Kier molecular flexibility index (Phi) is 4.00. The minimum absolute atomic E-state index is 0.520. The summed E-state index contributed by atoms with van der Waals surface area (Å²) < 4.78 is 16.5. The summed E-state index contributed by atoms with van der Waals surface area (Å²) in [4.78, 5) is 2.20. The largest absolute Gasteiger partial charge is 0.486 e. The van der Waals surface area contributed by atoms with Crippen LogP contribution in [-0.4, -0.2) is 50.0 Å². The van der Waals surface area contributed by atoms with Crippen LogP contribution in [0.1, 0.15) is 12.5 Å². The molecule has 21 heavy (non-hydrogen) atoms. The Morgan fingerprint density at radius 1 is 1.14 bits per heavy atom. The lowest BCUT2D eigenvalue weighted by atomic mass is 9.91. The molecule has 3 rings (SSSR count). The van der Waals surface area contributed by atoms with Gasteiger partial charge in [0.25, 0.3) is 0 Å². The quantitative estimate of drug-likeness (QED) is 0.846.